The third-order valence-corrected chi connectivity index (χ3v) is 10.9. The minimum Gasteiger partial charge on any atom is -0.396 e. The summed E-state index contributed by atoms with van der Waals surface area (Å²) in [6, 6.07) is 9.34. The number of thioether (sulfide) groups is 1. The summed E-state index contributed by atoms with van der Waals surface area (Å²) in [5.41, 5.74) is 1.04. The molecule has 224 valence electrons. The number of fused-ring (bicyclic) bond motifs is 1. The standard InChI is InChI=1S/C33H47N3O4S/c1-4-7-12-21-34(19-5-2)32(40)29-33-18-17-26(41-33)27(28(33)31(39)36(29)22-13-9-14-23-37)30(38)35(20-6-3)24-25-15-10-8-11-16-25/h5-6,8,10-11,15-16,26-29,37H,2-4,7,9,12-14,17-24H2,1H3/t26-,27+,28-,29?,33?/m0/s1. The molecule has 3 aliphatic heterocycles. The summed E-state index contributed by atoms with van der Waals surface area (Å²) in [5, 5.41) is 9.32. The van der Waals surface area contributed by atoms with Crippen LogP contribution in [0, 0.1) is 11.8 Å². The zero-order chi connectivity index (χ0) is 29.4. The summed E-state index contributed by atoms with van der Waals surface area (Å²) in [7, 11) is 0. The number of carbonyl (C=O) groups excluding carboxylic acids is 3. The van der Waals surface area contributed by atoms with Gasteiger partial charge in [-0.1, -0.05) is 62.2 Å². The molecule has 0 radical (unpaired) electrons. The Balaban J connectivity index is 1.65. The highest BCUT2D eigenvalue weighted by Gasteiger charge is 2.73. The molecule has 3 saturated heterocycles. The van der Waals surface area contributed by atoms with Gasteiger partial charge in [0.2, 0.25) is 17.7 Å². The third-order valence-electron chi connectivity index (χ3n) is 8.95. The minimum atomic E-state index is -0.590. The number of carbonyl (C=O) groups is 3. The molecule has 2 unspecified atom stereocenters. The van der Waals surface area contributed by atoms with Crippen molar-refractivity contribution in [3.63, 3.8) is 0 Å². The summed E-state index contributed by atoms with van der Waals surface area (Å²) >= 11 is 1.73. The molecule has 41 heavy (non-hydrogen) atoms. The Kier molecular flexibility index (Phi) is 11.1. The molecule has 1 N–H and O–H groups in total. The fourth-order valence-electron chi connectivity index (χ4n) is 7.10. The first kappa shape index (κ1) is 31.4. The highest BCUT2D eigenvalue weighted by molar-refractivity contribution is 8.02. The lowest BCUT2D eigenvalue weighted by molar-refractivity contribution is -0.145. The van der Waals surface area contributed by atoms with Gasteiger partial charge in [-0.05, 0) is 44.1 Å². The van der Waals surface area contributed by atoms with Crippen LogP contribution in [0.5, 0.6) is 0 Å². The molecule has 7 nitrogen and oxygen atoms in total. The molecule has 3 heterocycles. The fraction of sp³-hybridized carbons (Fsp3) is 0.606. The number of aliphatic hydroxyl groups is 1. The number of hydrogen-bond donors (Lipinski definition) is 1. The number of nitrogens with zero attached hydrogens (tertiary/aromatic N) is 3. The average molecular weight is 582 g/mol. The number of rotatable bonds is 17. The molecule has 0 aliphatic carbocycles. The smallest absolute Gasteiger partial charge is 0.247 e. The van der Waals surface area contributed by atoms with Crippen LogP contribution in [0.15, 0.2) is 55.6 Å². The Morgan fingerprint density at radius 1 is 1.05 bits per heavy atom. The maximum Gasteiger partial charge on any atom is 0.247 e. The first-order valence-electron chi connectivity index (χ1n) is 15.4. The van der Waals surface area contributed by atoms with Crippen LogP contribution in [0.2, 0.25) is 0 Å². The maximum absolute atomic E-state index is 14.4. The number of aliphatic hydroxyl groups excluding tert-OH is 1. The molecule has 1 aromatic carbocycles. The molecule has 1 spiro atoms. The second kappa shape index (κ2) is 14.5. The number of likely N-dealkylation sites (tertiary alicyclic amines) is 1. The van der Waals surface area contributed by atoms with Gasteiger partial charge in [0.15, 0.2) is 0 Å². The fourth-order valence-corrected chi connectivity index (χ4v) is 9.31. The van der Waals surface area contributed by atoms with Crippen molar-refractivity contribution in [3.8, 4) is 0 Å². The number of unbranched alkanes of at least 4 members (excludes halogenated alkanes) is 4. The van der Waals surface area contributed by atoms with Gasteiger partial charge in [-0.3, -0.25) is 14.4 Å². The molecule has 4 rings (SSSR count). The first-order chi connectivity index (χ1) is 19.9. The van der Waals surface area contributed by atoms with Gasteiger partial charge < -0.3 is 19.8 Å². The van der Waals surface area contributed by atoms with Crippen molar-refractivity contribution in [2.45, 2.75) is 80.9 Å². The van der Waals surface area contributed by atoms with Gasteiger partial charge in [0.05, 0.1) is 16.6 Å². The van der Waals surface area contributed by atoms with Crippen LogP contribution in [-0.2, 0) is 20.9 Å². The van der Waals surface area contributed by atoms with E-state index in [9.17, 15) is 19.5 Å². The van der Waals surface area contributed by atoms with Gasteiger partial charge in [-0.25, -0.2) is 0 Å². The Bertz CT molecular complexity index is 1080. The Morgan fingerprint density at radius 2 is 1.78 bits per heavy atom. The Hall–Kier alpha value is -2.58. The molecule has 3 aliphatic rings. The molecular weight excluding hydrogens is 534 g/mol. The lowest BCUT2D eigenvalue weighted by atomic mass is 9.70. The maximum atomic E-state index is 14.4. The van der Waals surface area contributed by atoms with Crippen LogP contribution >= 0.6 is 11.8 Å². The van der Waals surface area contributed by atoms with Crippen LogP contribution in [0.4, 0.5) is 0 Å². The van der Waals surface area contributed by atoms with E-state index in [4.69, 9.17) is 0 Å². The summed E-state index contributed by atoms with van der Waals surface area (Å²) < 4.78 is -0.590. The molecular formula is C33H47N3O4S. The van der Waals surface area contributed by atoms with E-state index < -0.39 is 22.6 Å². The van der Waals surface area contributed by atoms with E-state index >= 15 is 0 Å². The normalized spacial score (nSPS) is 26.2. The van der Waals surface area contributed by atoms with Crippen molar-refractivity contribution in [3.05, 3.63) is 61.2 Å². The van der Waals surface area contributed by atoms with Gasteiger partial charge in [-0.15, -0.1) is 24.9 Å². The predicted octanol–water partition coefficient (Wildman–Crippen LogP) is 4.66. The monoisotopic (exact) mass is 581 g/mol. The zero-order valence-corrected chi connectivity index (χ0v) is 25.4. The molecule has 8 heteroatoms. The number of hydrogen-bond acceptors (Lipinski definition) is 5. The van der Waals surface area contributed by atoms with Crippen molar-refractivity contribution in [1.29, 1.82) is 0 Å². The Morgan fingerprint density at radius 3 is 2.46 bits per heavy atom. The van der Waals surface area contributed by atoms with Gasteiger partial charge in [-0.2, -0.15) is 0 Å². The topological polar surface area (TPSA) is 81.2 Å². The minimum absolute atomic E-state index is 0.00695. The van der Waals surface area contributed by atoms with Crippen LogP contribution in [-0.4, -0.2) is 86.4 Å². The van der Waals surface area contributed by atoms with E-state index in [0.29, 0.717) is 39.1 Å². The molecule has 2 bridgehead atoms. The van der Waals surface area contributed by atoms with E-state index in [1.165, 1.54) is 0 Å². The lowest BCUT2D eigenvalue weighted by Crippen LogP contribution is -2.55. The van der Waals surface area contributed by atoms with E-state index in [-0.39, 0.29) is 29.6 Å². The predicted molar refractivity (Wildman–Crippen MR) is 165 cm³/mol. The van der Waals surface area contributed by atoms with Crippen molar-refractivity contribution in [2.75, 3.05) is 32.8 Å². The van der Waals surface area contributed by atoms with Crippen LogP contribution in [0.3, 0.4) is 0 Å². The van der Waals surface area contributed by atoms with Crippen molar-refractivity contribution >= 4 is 29.5 Å². The molecule has 1 aromatic rings. The van der Waals surface area contributed by atoms with Crippen LogP contribution in [0.25, 0.3) is 0 Å². The summed E-state index contributed by atoms with van der Waals surface area (Å²) in [6.07, 6.45) is 10.3. The largest absolute Gasteiger partial charge is 0.396 e. The van der Waals surface area contributed by atoms with Crippen LogP contribution in [0.1, 0.15) is 63.9 Å². The van der Waals surface area contributed by atoms with Gasteiger partial charge >= 0.3 is 0 Å². The molecule has 3 fully saturated rings. The van der Waals surface area contributed by atoms with E-state index in [0.717, 1.165) is 50.5 Å². The molecule has 3 amide bonds. The highest BCUT2D eigenvalue weighted by atomic mass is 32.2. The van der Waals surface area contributed by atoms with Gasteiger partial charge in [0, 0.05) is 44.6 Å². The SMILES string of the molecule is C=CCN(CCCCC)C(=O)C1N(CCCCCO)C(=O)[C@@H]2[C@H](C(=O)N(CC=C)Cc3ccccc3)[C@@H]3CCC12S3. The van der Waals surface area contributed by atoms with Crippen LogP contribution < -0.4 is 0 Å². The zero-order valence-electron chi connectivity index (χ0n) is 24.6. The second-order valence-electron chi connectivity index (χ2n) is 11.6. The molecule has 0 saturated carbocycles. The summed E-state index contributed by atoms with van der Waals surface area (Å²) in [4.78, 5) is 48.5. The summed E-state index contributed by atoms with van der Waals surface area (Å²) in [5.74, 6) is -1.02. The van der Waals surface area contributed by atoms with Crippen molar-refractivity contribution < 1.29 is 19.5 Å². The molecule has 0 aromatic heterocycles. The quantitative estimate of drug-likeness (QED) is 0.214. The van der Waals surface area contributed by atoms with E-state index in [1.54, 1.807) is 23.9 Å². The summed E-state index contributed by atoms with van der Waals surface area (Å²) in [6.45, 7) is 12.5. The Labute approximate surface area is 250 Å². The average Bonchev–Trinajstić information content (AvgIpc) is 3.62. The van der Waals surface area contributed by atoms with Crippen molar-refractivity contribution in [2.24, 2.45) is 11.8 Å². The molecule has 5 atom stereocenters. The van der Waals surface area contributed by atoms with Gasteiger partial charge in [0.1, 0.15) is 6.04 Å². The van der Waals surface area contributed by atoms with E-state index in [1.807, 2.05) is 45.0 Å². The number of amides is 3. The van der Waals surface area contributed by atoms with E-state index in [2.05, 4.69) is 20.1 Å². The number of benzene rings is 1. The van der Waals surface area contributed by atoms with Crippen molar-refractivity contribution in [1.82, 2.24) is 14.7 Å². The van der Waals surface area contributed by atoms with Gasteiger partial charge in [0.25, 0.3) is 0 Å². The first-order valence-corrected chi connectivity index (χ1v) is 16.2. The third kappa shape index (κ3) is 6.43. The lowest BCUT2D eigenvalue weighted by Gasteiger charge is -2.37. The second-order valence-corrected chi connectivity index (χ2v) is 13.2. The highest BCUT2D eigenvalue weighted by Crippen LogP contribution is 2.66.